The number of aromatic nitrogens is 1. The van der Waals surface area contributed by atoms with Gasteiger partial charge in [0.1, 0.15) is 6.61 Å². The van der Waals surface area contributed by atoms with Gasteiger partial charge in [-0.15, -0.1) is 0 Å². The van der Waals surface area contributed by atoms with E-state index in [4.69, 9.17) is 4.74 Å². The summed E-state index contributed by atoms with van der Waals surface area (Å²) in [4.78, 5) is 27.5. The summed E-state index contributed by atoms with van der Waals surface area (Å²) in [6.45, 7) is 0.326. The molecule has 0 aliphatic rings. The van der Waals surface area contributed by atoms with Crippen LogP contribution in [0.3, 0.4) is 0 Å². The molecule has 0 fully saturated rings. The quantitative estimate of drug-likeness (QED) is 0.367. The molecule has 0 unspecified atom stereocenters. The van der Waals surface area contributed by atoms with Crippen molar-refractivity contribution in [1.29, 1.82) is 0 Å². The van der Waals surface area contributed by atoms with E-state index in [1.54, 1.807) is 18.3 Å². The van der Waals surface area contributed by atoms with E-state index in [9.17, 15) is 14.9 Å². The van der Waals surface area contributed by atoms with Gasteiger partial charge in [-0.3, -0.25) is 19.8 Å². The van der Waals surface area contributed by atoms with E-state index < -0.39 is 4.92 Å². The lowest BCUT2D eigenvalue weighted by atomic mass is 10.2. The molecular formula is C19H15N3O4. The maximum atomic E-state index is 11.6. The molecule has 0 aliphatic heterocycles. The number of anilines is 2. The molecular weight excluding hydrogens is 334 g/mol. The maximum Gasteiger partial charge on any atom is 0.269 e. The van der Waals surface area contributed by atoms with Crippen LogP contribution in [0.4, 0.5) is 17.2 Å². The third kappa shape index (κ3) is 3.84. The standard InChI is InChI=1S/C19H15N3O4/c23-14-21(16-8-10-17(11-9-16)22(24)25)19-18(7-4-12-20-19)26-13-15-5-2-1-3-6-15/h1-12,14H,13H2. The minimum absolute atomic E-state index is 0.0545. The van der Waals surface area contributed by atoms with Crippen molar-refractivity contribution in [3.63, 3.8) is 0 Å². The van der Waals surface area contributed by atoms with Crippen LogP contribution < -0.4 is 9.64 Å². The van der Waals surface area contributed by atoms with Gasteiger partial charge in [0.05, 0.1) is 10.6 Å². The van der Waals surface area contributed by atoms with Crippen LogP contribution in [0.25, 0.3) is 0 Å². The molecule has 2 aromatic carbocycles. The van der Waals surface area contributed by atoms with E-state index in [2.05, 4.69) is 4.98 Å². The average Bonchev–Trinajstić information content (AvgIpc) is 2.69. The van der Waals surface area contributed by atoms with Gasteiger partial charge in [0.2, 0.25) is 6.41 Å². The van der Waals surface area contributed by atoms with E-state index in [1.807, 2.05) is 30.3 Å². The van der Waals surface area contributed by atoms with Crippen molar-refractivity contribution in [3.05, 3.63) is 88.6 Å². The number of pyridine rings is 1. The van der Waals surface area contributed by atoms with Crippen molar-refractivity contribution in [2.24, 2.45) is 0 Å². The molecule has 3 rings (SSSR count). The molecule has 0 saturated heterocycles. The summed E-state index contributed by atoms with van der Waals surface area (Å²) in [5.74, 6) is 0.745. The lowest BCUT2D eigenvalue weighted by Crippen LogP contribution is -2.16. The second kappa shape index (κ2) is 7.89. The van der Waals surface area contributed by atoms with Gasteiger partial charge in [-0.05, 0) is 29.8 Å². The van der Waals surface area contributed by atoms with Crippen LogP contribution in [0.5, 0.6) is 5.75 Å². The third-order valence-corrected chi connectivity index (χ3v) is 3.66. The van der Waals surface area contributed by atoms with Crippen LogP contribution >= 0.6 is 0 Å². The Labute approximate surface area is 149 Å². The molecule has 1 heterocycles. The number of hydrogen-bond donors (Lipinski definition) is 0. The topological polar surface area (TPSA) is 85.6 Å². The largest absolute Gasteiger partial charge is 0.485 e. The fourth-order valence-corrected chi connectivity index (χ4v) is 2.38. The van der Waals surface area contributed by atoms with Gasteiger partial charge in [0.25, 0.3) is 5.69 Å². The molecule has 0 radical (unpaired) electrons. The zero-order valence-corrected chi connectivity index (χ0v) is 13.7. The maximum absolute atomic E-state index is 11.6. The Morgan fingerprint density at radius 1 is 1.04 bits per heavy atom. The lowest BCUT2D eigenvalue weighted by molar-refractivity contribution is -0.384. The average molecular weight is 349 g/mol. The summed E-state index contributed by atoms with van der Waals surface area (Å²) in [6.07, 6.45) is 2.14. The Bertz CT molecular complexity index is 898. The Hall–Kier alpha value is -3.74. The van der Waals surface area contributed by atoms with Crippen molar-refractivity contribution < 1.29 is 14.5 Å². The Balaban J connectivity index is 1.86. The molecule has 0 atom stereocenters. The monoisotopic (exact) mass is 349 g/mol. The molecule has 3 aromatic rings. The van der Waals surface area contributed by atoms with Crippen molar-refractivity contribution in [3.8, 4) is 5.75 Å². The number of rotatable bonds is 7. The molecule has 0 N–H and O–H groups in total. The zero-order chi connectivity index (χ0) is 18.4. The van der Waals surface area contributed by atoms with Crippen LogP contribution in [0.1, 0.15) is 5.56 Å². The molecule has 26 heavy (non-hydrogen) atoms. The van der Waals surface area contributed by atoms with Crippen molar-refractivity contribution in [2.45, 2.75) is 6.61 Å². The first-order valence-corrected chi connectivity index (χ1v) is 7.80. The smallest absolute Gasteiger partial charge is 0.269 e. The highest BCUT2D eigenvalue weighted by atomic mass is 16.6. The number of carbonyl (C=O) groups excluding carboxylic acids is 1. The second-order valence-corrected chi connectivity index (χ2v) is 5.35. The summed E-state index contributed by atoms with van der Waals surface area (Å²) in [5, 5.41) is 10.8. The highest BCUT2D eigenvalue weighted by Crippen LogP contribution is 2.31. The fraction of sp³-hybridized carbons (Fsp3) is 0.0526. The molecule has 7 nitrogen and oxygen atoms in total. The van der Waals surface area contributed by atoms with Gasteiger partial charge in [-0.2, -0.15) is 0 Å². The number of non-ortho nitro benzene ring substituents is 1. The summed E-state index contributed by atoms with van der Waals surface area (Å²) < 4.78 is 5.82. The number of carbonyl (C=O) groups is 1. The fourth-order valence-electron chi connectivity index (χ4n) is 2.38. The lowest BCUT2D eigenvalue weighted by Gasteiger charge is -2.19. The first kappa shape index (κ1) is 17.1. The Morgan fingerprint density at radius 3 is 2.42 bits per heavy atom. The Kier molecular flexibility index (Phi) is 5.19. The number of ether oxygens (including phenoxy) is 1. The molecule has 0 aliphatic carbocycles. The van der Waals surface area contributed by atoms with E-state index in [1.165, 1.54) is 29.2 Å². The number of amides is 1. The van der Waals surface area contributed by atoms with E-state index in [-0.39, 0.29) is 5.69 Å². The SMILES string of the molecule is O=CN(c1ccc([N+](=O)[O-])cc1)c1ncccc1OCc1ccccc1. The van der Waals surface area contributed by atoms with Gasteiger partial charge >= 0.3 is 0 Å². The van der Waals surface area contributed by atoms with E-state index >= 15 is 0 Å². The first-order chi connectivity index (χ1) is 12.7. The summed E-state index contributed by atoms with van der Waals surface area (Å²) in [7, 11) is 0. The number of hydrogen-bond acceptors (Lipinski definition) is 5. The number of benzene rings is 2. The molecule has 130 valence electrons. The van der Waals surface area contributed by atoms with Gasteiger partial charge < -0.3 is 4.74 Å². The molecule has 0 spiro atoms. The van der Waals surface area contributed by atoms with Gasteiger partial charge in [-0.25, -0.2) is 4.98 Å². The molecule has 1 amide bonds. The van der Waals surface area contributed by atoms with Crippen LogP contribution in [-0.2, 0) is 11.4 Å². The highest BCUT2D eigenvalue weighted by Gasteiger charge is 2.16. The normalized spacial score (nSPS) is 10.2. The predicted octanol–water partition coefficient (Wildman–Crippen LogP) is 3.86. The molecule has 1 aromatic heterocycles. The van der Waals surface area contributed by atoms with Gasteiger partial charge in [-0.1, -0.05) is 30.3 Å². The predicted molar refractivity (Wildman–Crippen MR) is 96.3 cm³/mol. The van der Waals surface area contributed by atoms with Crippen LogP contribution in [0, 0.1) is 10.1 Å². The van der Waals surface area contributed by atoms with Crippen molar-refractivity contribution in [1.82, 2.24) is 4.98 Å². The van der Waals surface area contributed by atoms with Crippen LogP contribution in [0.2, 0.25) is 0 Å². The Morgan fingerprint density at radius 2 is 1.77 bits per heavy atom. The zero-order valence-electron chi connectivity index (χ0n) is 13.7. The van der Waals surface area contributed by atoms with E-state index in [0.29, 0.717) is 30.3 Å². The summed E-state index contributed by atoms with van der Waals surface area (Å²) >= 11 is 0. The third-order valence-electron chi connectivity index (χ3n) is 3.66. The highest BCUT2D eigenvalue weighted by molar-refractivity contribution is 5.87. The van der Waals surface area contributed by atoms with Crippen LogP contribution in [-0.4, -0.2) is 16.3 Å². The van der Waals surface area contributed by atoms with Gasteiger partial charge in [0, 0.05) is 18.3 Å². The minimum Gasteiger partial charge on any atom is -0.485 e. The van der Waals surface area contributed by atoms with Crippen molar-refractivity contribution >= 4 is 23.6 Å². The number of nitro groups is 1. The van der Waals surface area contributed by atoms with Crippen LogP contribution in [0.15, 0.2) is 72.9 Å². The number of nitrogens with zero attached hydrogens (tertiary/aromatic N) is 3. The molecule has 7 heteroatoms. The molecule has 0 saturated carbocycles. The first-order valence-electron chi connectivity index (χ1n) is 7.80. The minimum atomic E-state index is -0.496. The summed E-state index contributed by atoms with van der Waals surface area (Å²) in [6, 6.07) is 18.7. The molecule has 0 bridgehead atoms. The van der Waals surface area contributed by atoms with Crippen molar-refractivity contribution in [2.75, 3.05) is 4.90 Å². The summed E-state index contributed by atoms with van der Waals surface area (Å²) in [5.41, 5.74) is 1.38. The second-order valence-electron chi connectivity index (χ2n) is 5.35. The van der Waals surface area contributed by atoms with E-state index in [0.717, 1.165) is 5.56 Å². The number of nitro benzene ring substituents is 1. The van der Waals surface area contributed by atoms with Gasteiger partial charge in [0.15, 0.2) is 11.6 Å².